The van der Waals surface area contributed by atoms with E-state index in [2.05, 4.69) is 10.6 Å². The Labute approximate surface area is 96.9 Å². The second-order valence-electron chi connectivity index (χ2n) is 4.59. The first-order valence-electron chi connectivity index (χ1n) is 5.41. The standard InChI is InChI=1S/C12H21N3O/c1-12(2,16)8-15-7-9-4-5-10(13)11(6-9)14-3/h4-6,14-16H,7-8,13H2,1-3H3. The van der Waals surface area contributed by atoms with E-state index in [0.29, 0.717) is 6.54 Å². The Kier molecular flexibility index (Phi) is 4.15. The Bertz CT molecular complexity index is 345. The molecule has 5 N–H and O–H groups in total. The smallest absolute Gasteiger partial charge is 0.0715 e. The number of hydrogen-bond donors (Lipinski definition) is 4. The highest BCUT2D eigenvalue weighted by atomic mass is 16.3. The molecule has 0 saturated heterocycles. The number of hydrogen-bond acceptors (Lipinski definition) is 4. The summed E-state index contributed by atoms with van der Waals surface area (Å²) in [6, 6.07) is 5.87. The molecule has 90 valence electrons. The summed E-state index contributed by atoms with van der Waals surface area (Å²) in [7, 11) is 1.85. The average molecular weight is 223 g/mol. The maximum atomic E-state index is 9.55. The van der Waals surface area contributed by atoms with Gasteiger partial charge in [-0.2, -0.15) is 0 Å². The maximum absolute atomic E-state index is 9.55. The Morgan fingerprint density at radius 1 is 1.38 bits per heavy atom. The highest BCUT2D eigenvalue weighted by Crippen LogP contribution is 2.19. The zero-order valence-corrected chi connectivity index (χ0v) is 10.2. The van der Waals surface area contributed by atoms with Crippen molar-refractivity contribution in [2.24, 2.45) is 0 Å². The molecular weight excluding hydrogens is 202 g/mol. The van der Waals surface area contributed by atoms with Crippen LogP contribution in [0.5, 0.6) is 0 Å². The van der Waals surface area contributed by atoms with Crippen molar-refractivity contribution >= 4 is 11.4 Å². The van der Waals surface area contributed by atoms with E-state index in [4.69, 9.17) is 5.73 Å². The van der Waals surface area contributed by atoms with E-state index in [1.165, 1.54) is 0 Å². The summed E-state index contributed by atoms with van der Waals surface area (Å²) in [6.45, 7) is 4.84. The van der Waals surface area contributed by atoms with Crippen LogP contribution in [0.4, 0.5) is 11.4 Å². The van der Waals surface area contributed by atoms with Crippen molar-refractivity contribution in [3.63, 3.8) is 0 Å². The van der Waals surface area contributed by atoms with Crippen LogP contribution in [-0.4, -0.2) is 24.3 Å². The van der Waals surface area contributed by atoms with Gasteiger partial charge in [-0.1, -0.05) is 6.07 Å². The number of nitrogens with one attached hydrogen (secondary N) is 2. The van der Waals surface area contributed by atoms with Gasteiger partial charge in [-0.25, -0.2) is 0 Å². The minimum Gasteiger partial charge on any atom is -0.397 e. The van der Waals surface area contributed by atoms with Crippen LogP contribution in [0.25, 0.3) is 0 Å². The van der Waals surface area contributed by atoms with Gasteiger partial charge in [-0.05, 0) is 31.5 Å². The summed E-state index contributed by atoms with van der Waals surface area (Å²) in [5.74, 6) is 0. The number of benzene rings is 1. The summed E-state index contributed by atoms with van der Waals surface area (Å²) in [5, 5.41) is 15.8. The molecule has 0 radical (unpaired) electrons. The minimum absolute atomic E-state index is 0.562. The van der Waals surface area contributed by atoms with Gasteiger partial charge in [-0.3, -0.25) is 0 Å². The Morgan fingerprint density at radius 3 is 2.62 bits per heavy atom. The van der Waals surface area contributed by atoms with Crippen molar-refractivity contribution in [2.75, 3.05) is 24.6 Å². The SMILES string of the molecule is CNc1cc(CNCC(C)(C)O)ccc1N. The second kappa shape index (κ2) is 5.18. The summed E-state index contributed by atoms with van der Waals surface area (Å²) < 4.78 is 0. The number of nitrogen functional groups attached to an aromatic ring is 1. The highest BCUT2D eigenvalue weighted by molar-refractivity contribution is 5.66. The van der Waals surface area contributed by atoms with Crippen LogP contribution in [0, 0.1) is 0 Å². The first-order chi connectivity index (χ1) is 7.42. The molecule has 1 aromatic carbocycles. The minimum atomic E-state index is -0.681. The lowest BCUT2D eigenvalue weighted by Gasteiger charge is -2.18. The molecule has 0 fully saturated rings. The molecule has 0 aliphatic carbocycles. The van der Waals surface area contributed by atoms with Gasteiger partial charge in [0.15, 0.2) is 0 Å². The molecule has 1 rings (SSSR count). The van der Waals surface area contributed by atoms with Crippen molar-refractivity contribution in [1.82, 2.24) is 5.32 Å². The van der Waals surface area contributed by atoms with Gasteiger partial charge in [-0.15, -0.1) is 0 Å². The van der Waals surface area contributed by atoms with Gasteiger partial charge in [0.05, 0.1) is 17.0 Å². The molecule has 0 aromatic heterocycles. The van der Waals surface area contributed by atoms with Crippen molar-refractivity contribution in [3.8, 4) is 0 Å². The first-order valence-corrected chi connectivity index (χ1v) is 5.41. The molecular formula is C12H21N3O. The Morgan fingerprint density at radius 2 is 2.06 bits per heavy atom. The predicted octanol–water partition coefficient (Wildman–Crippen LogP) is 1.17. The molecule has 0 spiro atoms. The molecule has 0 aliphatic rings. The number of anilines is 2. The first kappa shape index (κ1) is 12.8. The van der Waals surface area contributed by atoms with Crippen LogP contribution < -0.4 is 16.4 Å². The van der Waals surface area contributed by atoms with E-state index in [1.807, 2.05) is 25.2 Å². The number of aliphatic hydroxyl groups is 1. The molecule has 0 heterocycles. The fourth-order valence-corrected chi connectivity index (χ4v) is 1.44. The van der Waals surface area contributed by atoms with E-state index in [0.717, 1.165) is 23.5 Å². The van der Waals surface area contributed by atoms with Crippen molar-refractivity contribution < 1.29 is 5.11 Å². The fourth-order valence-electron chi connectivity index (χ4n) is 1.44. The largest absolute Gasteiger partial charge is 0.397 e. The molecule has 0 atom stereocenters. The number of nitrogens with two attached hydrogens (primary N) is 1. The van der Waals surface area contributed by atoms with Gasteiger partial charge in [0.1, 0.15) is 0 Å². The lowest BCUT2D eigenvalue weighted by atomic mass is 10.1. The molecule has 0 bridgehead atoms. The van der Waals surface area contributed by atoms with E-state index in [1.54, 1.807) is 13.8 Å². The van der Waals surface area contributed by atoms with Gasteiger partial charge in [0, 0.05) is 20.1 Å². The molecule has 4 nitrogen and oxygen atoms in total. The van der Waals surface area contributed by atoms with Gasteiger partial charge in [0.25, 0.3) is 0 Å². The van der Waals surface area contributed by atoms with Crippen molar-refractivity contribution in [3.05, 3.63) is 23.8 Å². The molecule has 0 amide bonds. The third-order valence-electron chi connectivity index (χ3n) is 2.27. The van der Waals surface area contributed by atoms with E-state index < -0.39 is 5.60 Å². The van der Waals surface area contributed by atoms with Gasteiger partial charge < -0.3 is 21.5 Å². The normalized spacial score (nSPS) is 11.5. The molecule has 4 heteroatoms. The third kappa shape index (κ3) is 4.08. The fraction of sp³-hybridized carbons (Fsp3) is 0.500. The topological polar surface area (TPSA) is 70.3 Å². The van der Waals surface area contributed by atoms with Crippen LogP contribution in [0.15, 0.2) is 18.2 Å². The summed E-state index contributed by atoms with van der Waals surface area (Å²) >= 11 is 0. The zero-order chi connectivity index (χ0) is 12.2. The quantitative estimate of drug-likeness (QED) is 0.566. The molecule has 0 aliphatic heterocycles. The monoisotopic (exact) mass is 223 g/mol. The van der Waals surface area contributed by atoms with Crippen LogP contribution in [0.1, 0.15) is 19.4 Å². The zero-order valence-electron chi connectivity index (χ0n) is 10.2. The van der Waals surface area contributed by atoms with Crippen LogP contribution >= 0.6 is 0 Å². The Balaban J connectivity index is 2.55. The van der Waals surface area contributed by atoms with Crippen molar-refractivity contribution in [2.45, 2.75) is 26.0 Å². The van der Waals surface area contributed by atoms with Crippen LogP contribution in [-0.2, 0) is 6.54 Å². The number of rotatable bonds is 5. The third-order valence-corrected chi connectivity index (χ3v) is 2.27. The van der Waals surface area contributed by atoms with Gasteiger partial charge in [0.2, 0.25) is 0 Å². The van der Waals surface area contributed by atoms with Crippen molar-refractivity contribution in [1.29, 1.82) is 0 Å². The van der Waals surface area contributed by atoms with E-state index >= 15 is 0 Å². The van der Waals surface area contributed by atoms with E-state index in [-0.39, 0.29) is 0 Å². The average Bonchev–Trinajstić information content (AvgIpc) is 2.18. The van der Waals surface area contributed by atoms with Crippen LogP contribution in [0.3, 0.4) is 0 Å². The summed E-state index contributed by atoms with van der Waals surface area (Å²) in [4.78, 5) is 0. The predicted molar refractivity (Wildman–Crippen MR) is 68.4 cm³/mol. The Hall–Kier alpha value is -1.26. The maximum Gasteiger partial charge on any atom is 0.0715 e. The molecule has 16 heavy (non-hydrogen) atoms. The molecule has 1 aromatic rings. The van der Waals surface area contributed by atoms with Gasteiger partial charge >= 0.3 is 0 Å². The highest BCUT2D eigenvalue weighted by Gasteiger charge is 2.11. The van der Waals surface area contributed by atoms with Crippen LogP contribution in [0.2, 0.25) is 0 Å². The summed E-state index contributed by atoms with van der Waals surface area (Å²) in [5.41, 5.74) is 7.91. The summed E-state index contributed by atoms with van der Waals surface area (Å²) in [6.07, 6.45) is 0. The molecule has 0 saturated carbocycles. The second-order valence-corrected chi connectivity index (χ2v) is 4.59. The molecule has 0 unspecified atom stereocenters. The van der Waals surface area contributed by atoms with E-state index in [9.17, 15) is 5.11 Å². The lowest BCUT2D eigenvalue weighted by Crippen LogP contribution is -2.34. The lowest BCUT2D eigenvalue weighted by molar-refractivity contribution is 0.0795.